The van der Waals surface area contributed by atoms with Gasteiger partial charge in [-0.3, -0.25) is 0 Å². The topological polar surface area (TPSA) is 21.3 Å². The molecule has 1 atom stereocenters. The number of fused-ring (bicyclic) bond motifs is 1. The fourth-order valence-electron chi connectivity index (χ4n) is 2.07. The van der Waals surface area contributed by atoms with E-state index in [1.807, 2.05) is 18.2 Å². The summed E-state index contributed by atoms with van der Waals surface area (Å²) in [5.41, 5.74) is 1.56. The van der Waals surface area contributed by atoms with Gasteiger partial charge < -0.3 is 10.1 Å². The molecule has 2 nitrogen and oxygen atoms in total. The minimum absolute atomic E-state index is 0.0750. The van der Waals surface area contributed by atoms with Crippen LogP contribution in [0.25, 0.3) is 0 Å². The van der Waals surface area contributed by atoms with E-state index in [2.05, 4.69) is 5.32 Å². The first-order valence-electron chi connectivity index (χ1n) is 5.79. The second-order valence-electron chi connectivity index (χ2n) is 4.27. The number of halogens is 3. The zero-order valence-electron chi connectivity index (χ0n) is 9.79. The molecule has 19 heavy (non-hydrogen) atoms. The molecule has 0 fully saturated rings. The molecule has 2 aromatic rings. The average molecular weight is 298 g/mol. The van der Waals surface area contributed by atoms with Gasteiger partial charge in [0.05, 0.1) is 17.3 Å². The first kappa shape index (κ1) is 12.6. The number of nitrogens with one attached hydrogen (secondary N) is 1. The Morgan fingerprint density at radius 2 is 1.95 bits per heavy atom. The minimum atomic E-state index is -0.498. The summed E-state index contributed by atoms with van der Waals surface area (Å²) >= 11 is 11.9. The van der Waals surface area contributed by atoms with Gasteiger partial charge in [-0.2, -0.15) is 0 Å². The van der Waals surface area contributed by atoms with Crippen molar-refractivity contribution in [3.05, 3.63) is 57.8 Å². The minimum Gasteiger partial charge on any atom is -0.482 e. The number of anilines is 1. The zero-order chi connectivity index (χ0) is 13.4. The molecule has 1 heterocycles. The molecule has 0 aromatic heterocycles. The summed E-state index contributed by atoms with van der Waals surface area (Å²) in [4.78, 5) is 0. The van der Waals surface area contributed by atoms with Gasteiger partial charge >= 0.3 is 0 Å². The monoisotopic (exact) mass is 297 g/mol. The molecule has 0 radical (unpaired) electrons. The third kappa shape index (κ3) is 2.36. The van der Waals surface area contributed by atoms with Crippen molar-refractivity contribution in [2.45, 2.75) is 6.10 Å². The van der Waals surface area contributed by atoms with Crippen LogP contribution in [0.4, 0.5) is 10.1 Å². The molecule has 1 unspecified atom stereocenters. The summed E-state index contributed by atoms with van der Waals surface area (Å²) < 4.78 is 19.2. The van der Waals surface area contributed by atoms with Gasteiger partial charge in [-0.05, 0) is 12.1 Å². The quantitative estimate of drug-likeness (QED) is 0.825. The van der Waals surface area contributed by atoms with E-state index in [9.17, 15) is 4.39 Å². The SMILES string of the molecule is Fc1cc2c(cc1Cl)NCC(c1ccccc1Cl)O2. The van der Waals surface area contributed by atoms with Crippen molar-refractivity contribution in [2.75, 3.05) is 11.9 Å². The molecule has 0 bridgehead atoms. The molecule has 0 saturated carbocycles. The first-order chi connectivity index (χ1) is 9.15. The van der Waals surface area contributed by atoms with Crippen LogP contribution in [-0.4, -0.2) is 6.54 Å². The summed E-state index contributed by atoms with van der Waals surface area (Å²) in [5.74, 6) is -0.0555. The van der Waals surface area contributed by atoms with Gasteiger partial charge in [-0.25, -0.2) is 4.39 Å². The summed E-state index contributed by atoms with van der Waals surface area (Å²) in [6.45, 7) is 0.554. The van der Waals surface area contributed by atoms with Crippen LogP contribution in [-0.2, 0) is 0 Å². The van der Waals surface area contributed by atoms with Crippen molar-refractivity contribution in [1.29, 1.82) is 0 Å². The Balaban J connectivity index is 1.94. The third-order valence-electron chi connectivity index (χ3n) is 3.02. The summed E-state index contributed by atoms with van der Waals surface area (Å²) in [5, 5.41) is 3.88. The van der Waals surface area contributed by atoms with Gasteiger partial charge in [-0.15, -0.1) is 0 Å². The van der Waals surface area contributed by atoms with Crippen LogP contribution in [0.15, 0.2) is 36.4 Å². The molecule has 5 heteroatoms. The maximum absolute atomic E-state index is 13.4. The first-order valence-corrected chi connectivity index (χ1v) is 6.55. The van der Waals surface area contributed by atoms with Gasteiger partial charge in [0.15, 0.2) is 0 Å². The van der Waals surface area contributed by atoms with Crippen molar-refractivity contribution in [2.24, 2.45) is 0 Å². The van der Waals surface area contributed by atoms with Crippen LogP contribution in [0.3, 0.4) is 0 Å². The third-order valence-corrected chi connectivity index (χ3v) is 3.66. The van der Waals surface area contributed by atoms with E-state index in [1.54, 1.807) is 6.07 Å². The Bertz CT molecular complexity index is 633. The lowest BCUT2D eigenvalue weighted by molar-refractivity contribution is 0.209. The molecule has 1 aliphatic rings. The summed E-state index contributed by atoms with van der Waals surface area (Å²) in [7, 11) is 0. The van der Waals surface area contributed by atoms with E-state index in [0.717, 1.165) is 5.56 Å². The Labute approximate surface area is 120 Å². The van der Waals surface area contributed by atoms with Crippen molar-refractivity contribution in [3.63, 3.8) is 0 Å². The van der Waals surface area contributed by atoms with Crippen molar-refractivity contribution in [1.82, 2.24) is 0 Å². The van der Waals surface area contributed by atoms with Crippen LogP contribution < -0.4 is 10.1 Å². The van der Waals surface area contributed by atoms with Gasteiger partial charge in [-0.1, -0.05) is 41.4 Å². The fraction of sp³-hybridized carbons (Fsp3) is 0.143. The largest absolute Gasteiger partial charge is 0.482 e. The van der Waals surface area contributed by atoms with E-state index in [1.165, 1.54) is 12.1 Å². The molecule has 98 valence electrons. The highest BCUT2D eigenvalue weighted by atomic mass is 35.5. The van der Waals surface area contributed by atoms with Gasteiger partial charge in [0.2, 0.25) is 0 Å². The Kier molecular flexibility index (Phi) is 3.25. The highest BCUT2D eigenvalue weighted by Crippen LogP contribution is 2.38. The van der Waals surface area contributed by atoms with Crippen LogP contribution >= 0.6 is 23.2 Å². The Morgan fingerprint density at radius 1 is 1.16 bits per heavy atom. The van der Waals surface area contributed by atoms with Gasteiger partial charge in [0.25, 0.3) is 0 Å². The number of hydrogen-bond acceptors (Lipinski definition) is 2. The summed E-state index contributed by atoms with van der Waals surface area (Å²) in [6, 6.07) is 10.3. The molecule has 1 N–H and O–H groups in total. The molecule has 0 saturated heterocycles. The van der Waals surface area contributed by atoms with E-state index < -0.39 is 5.82 Å². The average Bonchev–Trinajstić information content (AvgIpc) is 2.40. The molecule has 0 spiro atoms. The predicted octanol–water partition coefficient (Wildman–Crippen LogP) is 4.68. The lowest BCUT2D eigenvalue weighted by Gasteiger charge is -2.28. The van der Waals surface area contributed by atoms with Crippen molar-refractivity contribution >= 4 is 28.9 Å². The van der Waals surface area contributed by atoms with E-state index in [4.69, 9.17) is 27.9 Å². The standard InChI is InChI=1S/C14H10Cl2FNO/c15-9-4-2-1-3-8(9)14-7-18-12-5-10(16)11(17)6-13(12)19-14/h1-6,14,18H,7H2. The lowest BCUT2D eigenvalue weighted by Crippen LogP contribution is -2.24. The maximum Gasteiger partial charge on any atom is 0.146 e. The molecular weight excluding hydrogens is 288 g/mol. The zero-order valence-corrected chi connectivity index (χ0v) is 11.3. The van der Waals surface area contributed by atoms with Crippen LogP contribution in [0, 0.1) is 5.82 Å². The van der Waals surface area contributed by atoms with Gasteiger partial charge in [0, 0.05) is 16.7 Å². The second-order valence-corrected chi connectivity index (χ2v) is 5.09. The number of benzene rings is 2. The van der Waals surface area contributed by atoms with E-state index in [-0.39, 0.29) is 11.1 Å². The van der Waals surface area contributed by atoms with Gasteiger partial charge in [0.1, 0.15) is 17.7 Å². The van der Waals surface area contributed by atoms with Crippen molar-refractivity contribution in [3.8, 4) is 5.75 Å². The van der Waals surface area contributed by atoms with E-state index >= 15 is 0 Å². The highest BCUT2D eigenvalue weighted by molar-refractivity contribution is 6.31. The second kappa shape index (κ2) is 4.91. The number of rotatable bonds is 1. The Morgan fingerprint density at radius 3 is 2.74 bits per heavy atom. The Hall–Kier alpha value is -1.45. The highest BCUT2D eigenvalue weighted by Gasteiger charge is 2.23. The number of ether oxygens (including phenoxy) is 1. The normalized spacial score (nSPS) is 17.3. The molecule has 2 aromatic carbocycles. The van der Waals surface area contributed by atoms with E-state index in [0.29, 0.717) is 23.0 Å². The summed E-state index contributed by atoms with van der Waals surface area (Å²) in [6.07, 6.45) is -0.248. The smallest absolute Gasteiger partial charge is 0.146 e. The van der Waals surface area contributed by atoms with Crippen molar-refractivity contribution < 1.29 is 9.13 Å². The number of hydrogen-bond donors (Lipinski definition) is 1. The van der Waals surface area contributed by atoms with Crippen LogP contribution in [0.5, 0.6) is 5.75 Å². The molecular formula is C14H10Cl2FNO. The fourth-order valence-corrected chi connectivity index (χ4v) is 2.49. The van der Waals surface area contributed by atoms with Crippen LogP contribution in [0.1, 0.15) is 11.7 Å². The molecule has 0 aliphatic carbocycles. The molecule has 0 amide bonds. The predicted molar refractivity (Wildman–Crippen MR) is 74.7 cm³/mol. The molecule has 1 aliphatic heterocycles. The maximum atomic E-state index is 13.4. The molecule has 3 rings (SSSR count). The van der Waals surface area contributed by atoms with Crippen LogP contribution in [0.2, 0.25) is 10.0 Å². The lowest BCUT2D eigenvalue weighted by atomic mass is 10.1.